The van der Waals surface area contributed by atoms with Gasteiger partial charge >= 0.3 is 0 Å². The van der Waals surface area contributed by atoms with Crippen LogP contribution < -0.4 is 5.73 Å². The first-order valence-corrected chi connectivity index (χ1v) is 8.14. The summed E-state index contributed by atoms with van der Waals surface area (Å²) >= 11 is 0. The minimum Gasteiger partial charge on any atom is -0.330 e. The molecular weight excluding hydrogens is 274 g/mol. The Morgan fingerprint density at radius 1 is 1.50 bits per heavy atom. The largest absolute Gasteiger partial charge is 0.330 e. The molecule has 0 aliphatic carbocycles. The minimum atomic E-state index is -3.54. The highest BCUT2D eigenvalue weighted by molar-refractivity contribution is 7.89. The highest BCUT2D eigenvalue weighted by atomic mass is 32.2. The summed E-state index contributed by atoms with van der Waals surface area (Å²) in [4.78, 5) is 0.231. The first-order valence-electron chi connectivity index (χ1n) is 6.70. The zero-order valence-corrected chi connectivity index (χ0v) is 12.4. The Balaban J connectivity index is 2.37. The number of hydrogen-bond acceptors (Lipinski definition) is 4. The second-order valence-electron chi connectivity index (χ2n) is 5.20. The summed E-state index contributed by atoms with van der Waals surface area (Å²) in [6.07, 6.45) is 1.80. The molecular formula is C14H19N3O2S. The number of nitriles is 1. The fraction of sp³-hybridized carbons (Fsp3) is 0.500. The highest BCUT2D eigenvalue weighted by Gasteiger charge is 2.30. The summed E-state index contributed by atoms with van der Waals surface area (Å²) in [7, 11) is -3.54. The van der Waals surface area contributed by atoms with Crippen LogP contribution in [0.3, 0.4) is 0 Å². The van der Waals surface area contributed by atoms with Gasteiger partial charge in [-0.05, 0) is 49.9 Å². The average Bonchev–Trinajstić information content (AvgIpc) is 2.47. The molecule has 5 nitrogen and oxygen atoms in total. The van der Waals surface area contributed by atoms with Gasteiger partial charge in [0.2, 0.25) is 10.0 Å². The molecule has 1 aromatic rings. The van der Waals surface area contributed by atoms with Crippen LogP contribution in [0.2, 0.25) is 0 Å². The third-order valence-electron chi connectivity index (χ3n) is 3.75. The molecule has 0 saturated carbocycles. The van der Waals surface area contributed by atoms with E-state index in [1.54, 1.807) is 19.1 Å². The SMILES string of the molecule is Cc1ccc(C#N)cc1S(=O)(=O)N1CCCC(CN)C1. The summed E-state index contributed by atoms with van der Waals surface area (Å²) in [6.45, 7) is 3.24. The molecule has 0 amide bonds. The molecule has 1 fully saturated rings. The first kappa shape index (κ1) is 15.0. The molecule has 0 spiro atoms. The Morgan fingerprint density at radius 3 is 2.90 bits per heavy atom. The second-order valence-corrected chi connectivity index (χ2v) is 7.11. The molecule has 1 unspecified atom stereocenters. The Kier molecular flexibility index (Phi) is 4.43. The molecule has 0 radical (unpaired) electrons. The van der Waals surface area contributed by atoms with E-state index in [4.69, 9.17) is 11.0 Å². The molecule has 20 heavy (non-hydrogen) atoms. The number of benzene rings is 1. The summed E-state index contributed by atoms with van der Waals surface area (Å²) in [6, 6.07) is 6.75. The van der Waals surface area contributed by atoms with Gasteiger partial charge in [0.1, 0.15) is 0 Å². The van der Waals surface area contributed by atoms with Crippen LogP contribution in [-0.4, -0.2) is 32.4 Å². The lowest BCUT2D eigenvalue weighted by Gasteiger charge is -2.31. The topological polar surface area (TPSA) is 87.2 Å². The smallest absolute Gasteiger partial charge is 0.243 e. The van der Waals surface area contributed by atoms with Crippen LogP contribution in [0, 0.1) is 24.2 Å². The van der Waals surface area contributed by atoms with Crippen molar-refractivity contribution in [1.29, 1.82) is 5.26 Å². The fourth-order valence-electron chi connectivity index (χ4n) is 2.52. The standard InChI is InChI=1S/C14H19N3O2S/c1-11-4-5-12(8-15)7-14(11)20(18,19)17-6-2-3-13(9-16)10-17/h4-5,7,13H,2-3,6,9-10,16H2,1H3. The molecule has 1 saturated heterocycles. The Morgan fingerprint density at radius 2 is 2.25 bits per heavy atom. The summed E-state index contributed by atoms with van der Waals surface area (Å²) in [5, 5.41) is 8.93. The van der Waals surface area contributed by atoms with Crippen LogP contribution >= 0.6 is 0 Å². The van der Waals surface area contributed by atoms with Crippen molar-refractivity contribution in [2.75, 3.05) is 19.6 Å². The second kappa shape index (κ2) is 5.92. The van der Waals surface area contributed by atoms with Gasteiger partial charge in [-0.3, -0.25) is 0 Å². The maximum Gasteiger partial charge on any atom is 0.243 e. The molecule has 0 aromatic heterocycles. The van der Waals surface area contributed by atoms with Crippen LogP contribution in [0.15, 0.2) is 23.1 Å². The predicted molar refractivity (Wildman–Crippen MR) is 76.4 cm³/mol. The number of piperidine rings is 1. The van der Waals surface area contributed by atoms with Crippen molar-refractivity contribution in [3.63, 3.8) is 0 Å². The van der Waals surface area contributed by atoms with Crippen molar-refractivity contribution in [3.8, 4) is 6.07 Å². The van der Waals surface area contributed by atoms with Crippen LogP contribution in [0.1, 0.15) is 24.0 Å². The van der Waals surface area contributed by atoms with Crippen molar-refractivity contribution in [2.24, 2.45) is 11.7 Å². The molecule has 1 aliphatic rings. The fourth-order valence-corrected chi connectivity index (χ4v) is 4.33. The van der Waals surface area contributed by atoms with E-state index in [0.29, 0.717) is 30.8 Å². The monoisotopic (exact) mass is 293 g/mol. The van der Waals surface area contributed by atoms with Gasteiger partial charge in [-0.15, -0.1) is 0 Å². The number of aryl methyl sites for hydroxylation is 1. The third kappa shape index (κ3) is 2.85. The quantitative estimate of drug-likeness (QED) is 0.908. The zero-order chi connectivity index (χ0) is 14.8. The van der Waals surface area contributed by atoms with E-state index >= 15 is 0 Å². The summed E-state index contributed by atoms with van der Waals surface area (Å²) < 4.78 is 26.9. The summed E-state index contributed by atoms with van der Waals surface area (Å²) in [5.41, 5.74) is 6.69. The molecule has 2 N–H and O–H groups in total. The van der Waals surface area contributed by atoms with Gasteiger partial charge in [0.25, 0.3) is 0 Å². The van der Waals surface area contributed by atoms with E-state index in [1.807, 2.05) is 6.07 Å². The van der Waals surface area contributed by atoms with E-state index in [9.17, 15) is 8.42 Å². The number of nitrogens with two attached hydrogens (primary N) is 1. The lowest BCUT2D eigenvalue weighted by atomic mass is 10.0. The third-order valence-corrected chi connectivity index (χ3v) is 5.76. The predicted octanol–water partition coefficient (Wildman–Crippen LogP) is 1.23. The minimum absolute atomic E-state index is 0.220. The summed E-state index contributed by atoms with van der Waals surface area (Å²) in [5.74, 6) is 0.220. The van der Waals surface area contributed by atoms with Gasteiger partial charge < -0.3 is 5.73 Å². The van der Waals surface area contributed by atoms with E-state index in [0.717, 1.165) is 12.8 Å². The van der Waals surface area contributed by atoms with Gasteiger partial charge in [0, 0.05) is 13.1 Å². The molecule has 1 heterocycles. The van der Waals surface area contributed by atoms with Crippen LogP contribution in [0.4, 0.5) is 0 Å². The molecule has 1 aliphatic heterocycles. The average molecular weight is 293 g/mol. The first-order chi connectivity index (χ1) is 9.48. The van der Waals surface area contributed by atoms with Crippen molar-refractivity contribution < 1.29 is 8.42 Å². The van der Waals surface area contributed by atoms with Crippen molar-refractivity contribution >= 4 is 10.0 Å². The molecule has 1 aromatic carbocycles. The van der Waals surface area contributed by atoms with E-state index in [-0.39, 0.29) is 10.8 Å². The Hall–Kier alpha value is -1.42. The zero-order valence-electron chi connectivity index (χ0n) is 11.5. The van der Waals surface area contributed by atoms with E-state index in [2.05, 4.69) is 0 Å². The van der Waals surface area contributed by atoms with E-state index < -0.39 is 10.0 Å². The van der Waals surface area contributed by atoms with Crippen molar-refractivity contribution in [2.45, 2.75) is 24.7 Å². The van der Waals surface area contributed by atoms with Gasteiger partial charge in [-0.2, -0.15) is 9.57 Å². The number of hydrogen-bond donors (Lipinski definition) is 1. The van der Waals surface area contributed by atoms with Crippen LogP contribution in [-0.2, 0) is 10.0 Å². The van der Waals surface area contributed by atoms with Crippen LogP contribution in [0.25, 0.3) is 0 Å². The molecule has 0 bridgehead atoms. The van der Waals surface area contributed by atoms with Gasteiger partial charge in [0.15, 0.2) is 0 Å². The number of rotatable bonds is 3. The lowest BCUT2D eigenvalue weighted by molar-refractivity contribution is 0.271. The number of sulfonamides is 1. The normalized spacial score (nSPS) is 20.6. The maximum atomic E-state index is 12.7. The lowest BCUT2D eigenvalue weighted by Crippen LogP contribution is -2.42. The molecule has 2 rings (SSSR count). The molecule has 6 heteroatoms. The van der Waals surface area contributed by atoms with Crippen molar-refractivity contribution in [3.05, 3.63) is 29.3 Å². The van der Waals surface area contributed by atoms with E-state index in [1.165, 1.54) is 10.4 Å². The van der Waals surface area contributed by atoms with Crippen molar-refractivity contribution in [1.82, 2.24) is 4.31 Å². The van der Waals surface area contributed by atoms with Gasteiger partial charge in [0.05, 0.1) is 16.5 Å². The van der Waals surface area contributed by atoms with Gasteiger partial charge in [-0.1, -0.05) is 6.07 Å². The number of nitrogens with zero attached hydrogens (tertiary/aromatic N) is 2. The van der Waals surface area contributed by atoms with Gasteiger partial charge in [-0.25, -0.2) is 8.42 Å². The maximum absolute atomic E-state index is 12.7. The highest BCUT2D eigenvalue weighted by Crippen LogP contribution is 2.25. The Bertz CT molecular complexity index is 634. The van der Waals surface area contributed by atoms with Crippen LogP contribution in [0.5, 0.6) is 0 Å². The Labute approximate surface area is 120 Å². The molecule has 1 atom stereocenters. The molecule has 108 valence electrons.